The summed E-state index contributed by atoms with van der Waals surface area (Å²) in [6.07, 6.45) is 1.58. The predicted octanol–water partition coefficient (Wildman–Crippen LogP) is 1.81. The molecule has 1 aromatic rings. The van der Waals surface area contributed by atoms with Crippen molar-refractivity contribution in [3.05, 3.63) is 38.9 Å². The van der Waals surface area contributed by atoms with Crippen LogP contribution in [0.15, 0.2) is 12.1 Å². The van der Waals surface area contributed by atoms with Crippen LogP contribution in [0.5, 0.6) is 0 Å². The number of hydrogen-bond donors (Lipinski definition) is 1. The third kappa shape index (κ3) is 1.89. The Bertz CT molecular complexity index is 535. The van der Waals surface area contributed by atoms with Crippen molar-refractivity contribution in [1.29, 1.82) is 0 Å². The van der Waals surface area contributed by atoms with E-state index in [1.165, 1.54) is 6.07 Å². The van der Waals surface area contributed by atoms with Crippen LogP contribution in [0.2, 0.25) is 0 Å². The summed E-state index contributed by atoms with van der Waals surface area (Å²) in [4.78, 5) is 32.5. The van der Waals surface area contributed by atoms with E-state index in [0.29, 0.717) is 30.4 Å². The van der Waals surface area contributed by atoms with Crippen LogP contribution in [-0.2, 0) is 6.42 Å². The fourth-order valence-electron chi connectivity index (χ4n) is 1.99. The topological polar surface area (TPSA) is 97.5 Å². The van der Waals surface area contributed by atoms with Crippen LogP contribution in [0.4, 0.5) is 5.69 Å². The van der Waals surface area contributed by atoms with Crippen LogP contribution in [0, 0.1) is 10.1 Å². The zero-order chi connectivity index (χ0) is 12.6. The number of carboxylic acids is 1. The van der Waals surface area contributed by atoms with E-state index in [1.54, 1.807) is 0 Å². The smallest absolute Gasteiger partial charge is 0.342 e. The van der Waals surface area contributed by atoms with Gasteiger partial charge in [-0.15, -0.1) is 0 Å². The minimum Gasteiger partial charge on any atom is -0.477 e. The largest absolute Gasteiger partial charge is 0.477 e. The number of nitrogens with zero attached hydrogens (tertiary/aromatic N) is 1. The van der Waals surface area contributed by atoms with E-state index < -0.39 is 22.1 Å². The Morgan fingerprint density at radius 1 is 1.35 bits per heavy atom. The predicted molar refractivity (Wildman–Crippen MR) is 57.3 cm³/mol. The van der Waals surface area contributed by atoms with Gasteiger partial charge in [0.05, 0.1) is 4.92 Å². The molecular formula is C11H9NO5. The first-order chi connectivity index (χ1) is 8.00. The highest BCUT2D eigenvalue weighted by atomic mass is 16.6. The molecule has 6 nitrogen and oxygen atoms in total. The standard InChI is InChI=1S/C11H9NO5/c13-10-3-1-2-6-4-9(12(16)17)8(11(14)15)5-7(6)10/h4-5H,1-3H2,(H,14,15). The summed E-state index contributed by atoms with van der Waals surface area (Å²) < 4.78 is 0. The second kappa shape index (κ2) is 3.97. The van der Waals surface area contributed by atoms with Gasteiger partial charge in [-0.2, -0.15) is 0 Å². The summed E-state index contributed by atoms with van der Waals surface area (Å²) in [5, 5.41) is 19.6. The van der Waals surface area contributed by atoms with E-state index >= 15 is 0 Å². The molecule has 0 fully saturated rings. The Morgan fingerprint density at radius 2 is 2.06 bits per heavy atom. The number of rotatable bonds is 2. The van der Waals surface area contributed by atoms with Crippen LogP contribution in [-0.4, -0.2) is 21.8 Å². The average Bonchev–Trinajstić information content (AvgIpc) is 2.27. The Morgan fingerprint density at radius 3 is 2.65 bits per heavy atom. The molecule has 6 heteroatoms. The quantitative estimate of drug-likeness (QED) is 0.622. The lowest BCUT2D eigenvalue weighted by Gasteiger charge is -2.14. The van der Waals surface area contributed by atoms with Crippen molar-refractivity contribution in [2.45, 2.75) is 19.3 Å². The summed E-state index contributed by atoms with van der Waals surface area (Å²) >= 11 is 0. The number of carbonyl (C=O) groups is 2. The molecule has 0 amide bonds. The van der Waals surface area contributed by atoms with Crippen molar-refractivity contribution in [3.8, 4) is 0 Å². The van der Waals surface area contributed by atoms with Crippen LogP contribution < -0.4 is 0 Å². The first kappa shape index (κ1) is 11.3. The molecule has 0 unspecified atom stereocenters. The molecule has 1 aliphatic rings. The molecule has 0 atom stereocenters. The summed E-state index contributed by atoms with van der Waals surface area (Å²) in [6, 6.07) is 2.33. The Kier molecular flexibility index (Phi) is 2.63. The third-order valence-electron chi connectivity index (χ3n) is 2.80. The first-order valence-corrected chi connectivity index (χ1v) is 5.08. The Balaban J connectivity index is 2.67. The number of aromatic carboxylic acids is 1. The normalized spacial score (nSPS) is 14.2. The van der Waals surface area contributed by atoms with Crippen LogP contribution in [0.1, 0.15) is 39.1 Å². The van der Waals surface area contributed by atoms with Gasteiger partial charge < -0.3 is 5.11 Å². The highest BCUT2D eigenvalue weighted by Gasteiger charge is 2.26. The molecular weight excluding hydrogens is 226 g/mol. The van der Waals surface area contributed by atoms with Crippen LogP contribution in [0.3, 0.4) is 0 Å². The van der Waals surface area contributed by atoms with Gasteiger partial charge in [-0.25, -0.2) is 4.79 Å². The van der Waals surface area contributed by atoms with E-state index in [4.69, 9.17) is 5.11 Å². The van der Waals surface area contributed by atoms with Crippen molar-refractivity contribution < 1.29 is 19.6 Å². The second-order valence-corrected chi connectivity index (χ2v) is 3.87. The minimum absolute atomic E-state index is 0.149. The van der Waals surface area contributed by atoms with E-state index in [9.17, 15) is 19.7 Å². The second-order valence-electron chi connectivity index (χ2n) is 3.87. The van der Waals surface area contributed by atoms with E-state index in [2.05, 4.69) is 0 Å². The van der Waals surface area contributed by atoms with Gasteiger partial charge in [-0.3, -0.25) is 14.9 Å². The molecule has 2 rings (SSSR count). The zero-order valence-corrected chi connectivity index (χ0v) is 8.80. The molecule has 1 aromatic carbocycles. The van der Waals surface area contributed by atoms with Gasteiger partial charge >= 0.3 is 5.97 Å². The van der Waals surface area contributed by atoms with Crippen molar-refractivity contribution in [3.63, 3.8) is 0 Å². The van der Waals surface area contributed by atoms with E-state index in [0.717, 1.165) is 6.07 Å². The number of nitro groups is 1. The molecule has 17 heavy (non-hydrogen) atoms. The lowest BCUT2D eigenvalue weighted by Crippen LogP contribution is -2.14. The maximum absolute atomic E-state index is 11.6. The number of fused-ring (bicyclic) bond motifs is 1. The molecule has 1 N–H and O–H groups in total. The van der Waals surface area contributed by atoms with Crippen LogP contribution in [0.25, 0.3) is 0 Å². The number of carbonyl (C=O) groups excluding carboxylic acids is 1. The van der Waals surface area contributed by atoms with Gasteiger partial charge in [0.25, 0.3) is 5.69 Å². The summed E-state index contributed by atoms with van der Waals surface area (Å²) in [5.41, 5.74) is -0.00727. The highest BCUT2D eigenvalue weighted by molar-refractivity contribution is 6.02. The fraction of sp³-hybridized carbons (Fsp3) is 0.273. The molecule has 0 aromatic heterocycles. The summed E-state index contributed by atoms with van der Waals surface area (Å²) in [7, 11) is 0. The molecule has 0 radical (unpaired) electrons. The average molecular weight is 235 g/mol. The Labute approximate surface area is 96.0 Å². The molecule has 1 aliphatic carbocycles. The van der Waals surface area contributed by atoms with Gasteiger partial charge in [0.15, 0.2) is 5.78 Å². The van der Waals surface area contributed by atoms with Gasteiger partial charge in [0.2, 0.25) is 0 Å². The van der Waals surface area contributed by atoms with Gasteiger partial charge in [0.1, 0.15) is 5.56 Å². The van der Waals surface area contributed by atoms with Crippen LogP contribution >= 0.6 is 0 Å². The molecule has 0 saturated carbocycles. The number of aryl methyl sites for hydroxylation is 1. The number of hydrogen-bond acceptors (Lipinski definition) is 4. The maximum Gasteiger partial charge on any atom is 0.342 e. The number of ketones is 1. The van der Waals surface area contributed by atoms with Crippen molar-refractivity contribution in [2.24, 2.45) is 0 Å². The summed E-state index contributed by atoms with van der Waals surface area (Å²) in [6.45, 7) is 0. The zero-order valence-electron chi connectivity index (χ0n) is 8.80. The van der Waals surface area contributed by atoms with Gasteiger partial charge in [-0.1, -0.05) is 0 Å². The lowest BCUT2D eigenvalue weighted by atomic mass is 9.88. The Hall–Kier alpha value is -2.24. The highest BCUT2D eigenvalue weighted by Crippen LogP contribution is 2.29. The van der Waals surface area contributed by atoms with Crippen molar-refractivity contribution in [2.75, 3.05) is 0 Å². The number of Topliss-reactive ketones (excluding diaryl/α,β-unsaturated/α-hetero) is 1. The summed E-state index contributed by atoms with van der Waals surface area (Å²) in [5.74, 6) is -1.54. The third-order valence-corrected chi connectivity index (χ3v) is 2.80. The molecule has 0 heterocycles. The lowest BCUT2D eigenvalue weighted by molar-refractivity contribution is -0.385. The SMILES string of the molecule is O=C1CCCc2cc([N+](=O)[O-])c(C(=O)O)cc21. The molecule has 0 bridgehead atoms. The molecule has 0 spiro atoms. The first-order valence-electron chi connectivity index (χ1n) is 5.08. The number of benzene rings is 1. The molecule has 0 aliphatic heterocycles. The van der Waals surface area contributed by atoms with Gasteiger partial charge in [-0.05, 0) is 24.5 Å². The monoisotopic (exact) mass is 235 g/mol. The fourth-order valence-corrected chi connectivity index (χ4v) is 1.99. The maximum atomic E-state index is 11.6. The molecule has 0 saturated heterocycles. The van der Waals surface area contributed by atoms with Gasteiger partial charge in [0, 0.05) is 18.1 Å². The minimum atomic E-state index is -1.39. The molecule has 88 valence electrons. The number of carboxylic acid groups (broad SMARTS) is 1. The van der Waals surface area contributed by atoms with Crippen molar-refractivity contribution in [1.82, 2.24) is 0 Å². The van der Waals surface area contributed by atoms with E-state index in [-0.39, 0.29) is 5.78 Å². The number of nitro benzene ring substituents is 1. The van der Waals surface area contributed by atoms with Crippen molar-refractivity contribution >= 4 is 17.4 Å². The van der Waals surface area contributed by atoms with E-state index in [1.807, 2.05) is 0 Å².